The second-order valence-electron chi connectivity index (χ2n) is 5.33. The Kier molecular flexibility index (Phi) is 2.34. The standard InChI is InChI=1S/C15H18O/c1-10(16)7-11-8-13-4-2-3-12-5-6-14(9-11)15(12)13/h8-9,12H,2-7H2,1H3. The molecule has 2 aliphatic rings. The van der Waals surface area contributed by atoms with E-state index in [1.165, 1.54) is 37.7 Å². The third kappa shape index (κ3) is 1.59. The Morgan fingerprint density at radius 3 is 2.75 bits per heavy atom. The SMILES string of the molecule is CC(=O)Cc1cc2c3c(c1)CCC3CCC2. The van der Waals surface area contributed by atoms with E-state index in [0.29, 0.717) is 6.42 Å². The molecule has 84 valence electrons. The van der Waals surface area contributed by atoms with Crippen LogP contribution in [0.1, 0.15) is 54.4 Å². The topological polar surface area (TPSA) is 17.1 Å². The van der Waals surface area contributed by atoms with Gasteiger partial charge < -0.3 is 0 Å². The van der Waals surface area contributed by atoms with Crippen molar-refractivity contribution in [3.8, 4) is 0 Å². The third-order valence-electron chi connectivity index (χ3n) is 4.03. The first-order chi connectivity index (χ1) is 7.74. The average molecular weight is 214 g/mol. The third-order valence-corrected chi connectivity index (χ3v) is 4.03. The van der Waals surface area contributed by atoms with E-state index in [1.54, 1.807) is 23.6 Å². The molecule has 16 heavy (non-hydrogen) atoms. The number of aryl methyl sites for hydroxylation is 2. The molecule has 0 saturated carbocycles. The van der Waals surface area contributed by atoms with Crippen molar-refractivity contribution in [2.75, 3.05) is 0 Å². The van der Waals surface area contributed by atoms with Crippen molar-refractivity contribution in [1.29, 1.82) is 0 Å². The number of carbonyl (C=O) groups is 1. The van der Waals surface area contributed by atoms with Gasteiger partial charge in [-0.1, -0.05) is 12.1 Å². The lowest BCUT2D eigenvalue weighted by atomic mass is 9.83. The van der Waals surface area contributed by atoms with Gasteiger partial charge in [0.05, 0.1) is 0 Å². The second-order valence-corrected chi connectivity index (χ2v) is 5.33. The van der Waals surface area contributed by atoms with Gasteiger partial charge in [-0.3, -0.25) is 4.79 Å². The van der Waals surface area contributed by atoms with Crippen LogP contribution in [0, 0.1) is 0 Å². The summed E-state index contributed by atoms with van der Waals surface area (Å²) in [5.41, 5.74) is 5.98. The predicted octanol–water partition coefficient (Wildman–Crippen LogP) is 3.18. The maximum atomic E-state index is 11.2. The van der Waals surface area contributed by atoms with Gasteiger partial charge in [0.25, 0.3) is 0 Å². The van der Waals surface area contributed by atoms with Gasteiger partial charge in [-0.15, -0.1) is 0 Å². The van der Waals surface area contributed by atoms with Crippen molar-refractivity contribution in [2.45, 2.75) is 51.4 Å². The minimum absolute atomic E-state index is 0.275. The fourth-order valence-electron chi connectivity index (χ4n) is 3.48. The summed E-state index contributed by atoms with van der Waals surface area (Å²) in [6.45, 7) is 1.68. The molecule has 3 rings (SSSR count). The van der Waals surface area contributed by atoms with E-state index < -0.39 is 0 Å². The van der Waals surface area contributed by atoms with Gasteiger partial charge in [0, 0.05) is 6.42 Å². The van der Waals surface area contributed by atoms with Gasteiger partial charge in [0.1, 0.15) is 5.78 Å². The molecule has 0 amide bonds. The molecule has 0 aromatic heterocycles. The average Bonchev–Trinajstić information content (AvgIpc) is 2.62. The highest BCUT2D eigenvalue weighted by atomic mass is 16.1. The first kappa shape index (κ1) is 10.1. The van der Waals surface area contributed by atoms with E-state index in [4.69, 9.17) is 0 Å². The largest absolute Gasteiger partial charge is 0.300 e. The molecule has 1 unspecified atom stereocenters. The summed E-state index contributed by atoms with van der Waals surface area (Å²) >= 11 is 0. The van der Waals surface area contributed by atoms with Crippen LogP contribution in [0.2, 0.25) is 0 Å². The van der Waals surface area contributed by atoms with E-state index in [0.717, 1.165) is 5.92 Å². The van der Waals surface area contributed by atoms with Crippen LogP contribution >= 0.6 is 0 Å². The van der Waals surface area contributed by atoms with Crippen LogP contribution in [0.15, 0.2) is 12.1 Å². The maximum Gasteiger partial charge on any atom is 0.134 e. The summed E-state index contributed by atoms with van der Waals surface area (Å²) in [6, 6.07) is 4.57. The van der Waals surface area contributed by atoms with Crippen LogP contribution in [-0.2, 0) is 24.1 Å². The Labute approximate surface area is 96.9 Å². The number of hydrogen-bond acceptors (Lipinski definition) is 1. The Morgan fingerprint density at radius 1 is 1.25 bits per heavy atom. The smallest absolute Gasteiger partial charge is 0.134 e. The highest BCUT2D eigenvalue weighted by Crippen LogP contribution is 2.43. The molecule has 1 atom stereocenters. The monoisotopic (exact) mass is 214 g/mol. The molecule has 0 N–H and O–H groups in total. The van der Waals surface area contributed by atoms with Crippen molar-refractivity contribution in [2.24, 2.45) is 0 Å². The lowest BCUT2D eigenvalue weighted by Gasteiger charge is -2.22. The van der Waals surface area contributed by atoms with Crippen LogP contribution < -0.4 is 0 Å². The second kappa shape index (κ2) is 3.73. The van der Waals surface area contributed by atoms with E-state index >= 15 is 0 Å². The van der Waals surface area contributed by atoms with Gasteiger partial charge in [-0.2, -0.15) is 0 Å². The van der Waals surface area contributed by atoms with E-state index in [-0.39, 0.29) is 5.78 Å². The van der Waals surface area contributed by atoms with Crippen molar-refractivity contribution < 1.29 is 4.79 Å². The first-order valence-electron chi connectivity index (χ1n) is 6.38. The first-order valence-corrected chi connectivity index (χ1v) is 6.38. The molecule has 0 saturated heterocycles. The fraction of sp³-hybridized carbons (Fsp3) is 0.533. The van der Waals surface area contributed by atoms with Crippen LogP contribution in [0.4, 0.5) is 0 Å². The molecule has 0 spiro atoms. The lowest BCUT2D eigenvalue weighted by molar-refractivity contribution is -0.116. The maximum absolute atomic E-state index is 11.2. The van der Waals surface area contributed by atoms with Crippen LogP contribution in [0.25, 0.3) is 0 Å². The zero-order valence-corrected chi connectivity index (χ0v) is 9.88. The zero-order valence-electron chi connectivity index (χ0n) is 9.88. The van der Waals surface area contributed by atoms with Crippen LogP contribution in [0.5, 0.6) is 0 Å². The van der Waals surface area contributed by atoms with Crippen molar-refractivity contribution in [1.82, 2.24) is 0 Å². The van der Waals surface area contributed by atoms with Crippen molar-refractivity contribution >= 4 is 5.78 Å². The highest BCUT2D eigenvalue weighted by Gasteiger charge is 2.28. The molecule has 1 aromatic carbocycles. The highest BCUT2D eigenvalue weighted by molar-refractivity contribution is 5.78. The number of rotatable bonds is 2. The summed E-state index contributed by atoms with van der Waals surface area (Å²) in [4.78, 5) is 11.2. The summed E-state index contributed by atoms with van der Waals surface area (Å²) in [7, 11) is 0. The quantitative estimate of drug-likeness (QED) is 0.739. The molecular formula is C15H18O. The number of ketones is 1. The zero-order chi connectivity index (χ0) is 11.1. The number of carbonyl (C=O) groups excluding carboxylic acids is 1. The number of Topliss-reactive ketones (excluding diaryl/α,β-unsaturated/α-hetero) is 1. The molecular weight excluding hydrogens is 196 g/mol. The Bertz CT molecular complexity index is 445. The Hall–Kier alpha value is -1.11. The predicted molar refractivity (Wildman–Crippen MR) is 64.8 cm³/mol. The van der Waals surface area contributed by atoms with Gasteiger partial charge in [-0.25, -0.2) is 0 Å². The van der Waals surface area contributed by atoms with Crippen LogP contribution in [0.3, 0.4) is 0 Å². The normalized spacial score (nSPS) is 21.9. The van der Waals surface area contributed by atoms with Gasteiger partial charge in [0.2, 0.25) is 0 Å². The van der Waals surface area contributed by atoms with Crippen molar-refractivity contribution in [3.05, 3.63) is 34.4 Å². The fourth-order valence-corrected chi connectivity index (χ4v) is 3.48. The Balaban J connectivity index is 2.04. The molecule has 0 aliphatic heterocycles. The minimum Gasteiger partial charge on any atom is -0.300 e. The molecule has 2 aliphatic carbocycles. The summed E-state index contributed by atoms with van der Waals surface area (Å²) in [5.74, 6) is 1.11. The molecule has 0 heterocycles. The molecule has 1 nitrogen and oxygen atoms in total. The molecule has 0 bridgehead atoms. The molecule has 0 radical (unpaired) electrons. The summed E-state index contributed by atoms with van der Waals surface area (Å²) in [6.07, 6.45) is 7.13. The molecule has 1 aromatic rings. The Morgan fingerprint density at radius 2 is 2.00 bits per heavy atom. The number of benzene rings is 1. The van der Waals surface area contributed by atoms with Crippen molar-refractivity contribution in [3.63, 3.8) is 0 Å². The number of hydrogen-bond donors (Lipinski definition) is 0. The lowest BCUT2D eigenvalue weighted by Crippen LogP contribution is -2.08. The molecule has 1 heteroatoms. The van der Waals surface area contributed by atoms with E-state index in [9.17, 15) is 4.79 Å². The van der Waals surface area contributed by atoms with E-state index in [2.05, 4.69) is 12.1 Å². The van der Waals surface area contributed by atoms with Gasteiger partial charge in [-0.05, 0) is 67.2 Å². The minimum atomic E-state index is 0.275. The van der Waals surface area contributed by atoms with Gasteiger partial charge in [0.15, 0.2) is 0 Å². The summed E-state index contributed by atoms with van der Waals surface area (Å²) in [5, 5.41) is 0. The van der Waals surface area contributed by atoms with E-state index in [1.807, 2.05) is 0 Å². The van der Waals surface area contributed by atoms with Gasteiger partial charge >= 0.3 is 0 Å². The molecule has 0 fully saturated rings. The summed E-state index contributed by atoms with van der Waals surface area (Å²) < 4.78 is 0. The van der Waals surface area contributed by atoms with Crippen LogP contribution in [-0.4, -0.2) is 5.78 Å².